The van der Waals surface area contributed by atoms with Crippen molar-refractivity contribution in [3.63, 3.8) is 0 Å². The van der Waals surface area contributed by atoms with Crippen LogP contribution in [0.1, 0.15) is 60.8 Å². The molecule has 14 heterocycles. The number of nitrogen functional groups attached to an aromatic ring is 1. The summed E-state index contributed by atoms with van der Waals surface area (Å²) in [6.45, 7) is 11.9. The third-order valence-electron chi connectivity index (χ3n) is 16.7. The summed E-state index contributed by atoms with van der Waals surface area (Å²) in [5.41, 5.74) is 13.3. The van der Waals surface area contributed by atoms with Crippen molar-refractivity contribution in [2.24, 2.45) is 5.41 Å². The molecule has 23 nitrogen and oxygen atoms in total. The zero-order valence-electron chi connectivity index (χ0n) is 45.5. The summed E-state index contributed by atoms with van der Waals surface area (Å²) < 4.78 is 13.6. The molecule has 0 aromatic carbocycles. The van der Waals surface area contributed by atoms with Gasteiger partial charge in [0, 0.05) is 135 Å². The number of carbonyl (C=O) groups excluding carboxylic acids is 1. The van der Waals surface area contributed by atoms with Gasteiger partial charge in [-0.3, -0.25) is 19.4 Å². The lowest BCUT2D eigenvalue weighted by Crippen LogP contribution is -2.68. The van der Waals surface area contributed by atoms with Crippen LogP contribution < -0.4 is 30.3 Å². The van der Waals surface area contributed by atoms with Gasteiger partial charge in [0.15, 0.2) is 0 Å². The molecular formula is C60H56N18O5. The van der Waals surface area contributed by atoms with Gasteiger partial charge in [-0.2, -0.15) is 26.0 Å². The molecule has 8 fully saturated rings. The minimum atomic E-state index is -1.00. The average Bonchev–Trinajstić information content (AvgIpc) is 4.52. The van der Waals surface area contributed by atoms with Crippen LogP contribution in [0.25, 0.3) is 38.1 Å². The number of aliphatic carboxylic acids is 1. The van der Waals surface area contributed by atoms with Gasteiger partial charge in [0.2, 0.25) is 17.7 Å². The van der Waals surface area contributed by atoms with Gasteiger partial charge in [0.05, 0.1) is 78.6 Å². The number of hydrogen-bond acceptors (Lipinski definition) is 18. The zero-order valence-corrected chi connectivity index (χ0v) is 45.5. The minimum Gasteiger partial charge on any atom is -0.481 e. The van der Waals surface area contributed by atoms with Crippen molar-refractivity contribution >= 4 is 45.9 Å². The molecule has 416 valence electrons. The minimum absolute atomic E-state index is 0.313. The van der Waals surface area contributed by atoms with Crippen molar-refractivity contribution in [2.75, 3.05) is 61.2 Å². The molecule has 8 aromatic heterocycles. The normalized spacial score (nSPS) is 20.2. The largest absolute Gasteiger partial charge is 0.481 e. The monoisotopic (exact) mass is 1110 g/mol. The molecule has 4 N–H and O–H groups in total. The Bertz CT molecular complexity index is 3940. The number of piperazine rings is 2. The number of pyridine rings is 6. The highest BCUT2D eigenvalue weighted by atomic mass is 16.5. The zero-order chi connectivity index (χ0) is 57.6. The Hall–Kier alpha value is -10.2. The summed E-state index contributed by atoms with van der Waals surface area (Å²) in [6.07, 6.45) is 18.5. The molecule has 0 radical (unpaired) electrons. The summed E-state index contributed by atoms with van der Waals surface area (Å²) in [6, 6.07) is 28.3. The van der Waals surface area contributed by atoms with Crippen LogP contribution in [0.3, 0.4) is 0 Å². The lowest BCUT2D eigenvalue weighted by Gasteiger charge is -2.56. The Balaban J connectivity index is 0.000000146. The molecule has 8 aliphatic rings. The van der Waals surface area contributed by atoms with Crippen LogP contribution in [0, 0.1) is 46.0 Å². The predicted molar refractivity (Wildman–Crippen MR) is 304 cm³/mol. The second kappa shape index (κ2) is 21.7. The highest BCUT2D eigenvalue weighted by molar-refractivity contribution is 6.00. The number of nitrogens with one attached hydrogen (secondary N) is 1. The Labute approximate surface area is 477 Å². The van der Waals surface area contributed by atoms with E-state index in [9.17, 15) is 25.4 Å². The Kier molecular flexibility index (Phi) is 14.0. The second-order valence-electron chi connectivity index (χ2n) is 21.8. The number of nitrogens with zero attached hydrogens (tertiary/aromatic N) is 16. The lowest BCUT2D eigenvalue weighted by molar-refractivity contribution is -0.138. The topological polar surface area (TPSA) is 286 Å². The molecule has 6 aliphatic heterocycles. The Morgan fingerprint density at radius 2 is 1.18 bits per heavy atom. The molecular weight excluding hydrogens is 1050 g/mol. The SMILES string of the molecule is COc1ccc(CN2C3CC2CN(c2ccc(-c4cc(N)cn5ncc(C#N)c45)cn2)C3)cn1.COc1ccc(CN2C3CC2CN(c2ccc(-c4cc(NC(=O)C5(C#N)CC5)cn5ncc(C#N)c45)cn2)C3)cn1.[C-]#[N+]C1(C(=O)O)CC1. The van der Waals surface area contributed by atoms with E-state index >= 15 is 0 Å². The van der Waals surface area contributed by atoms with Crippen molar-refractivity contribution in [1.82, 2.24) is 49.0 Å². The van der Waals surface area contributed by atoms with Crippen LogP contribution >= 0.6 is 0 Å². The molecule has 4 atom stereocenters. The third-order valence-corrected chi connectivity index (χ3v) is 16.7. The van der Waals surface area contributed by atoms with Gasteiger partial charge in [0.1, 0.15) is 29.2 Å². The average molecular weight is 1110 g/mol. The Morgan fingerprint density at radius 3 is 1.55 bits per heavy atom. The Morgan fingerprint density at radius 1 is 0.687 bits per heavy atom. The van der Waals surface area contributed by atoms with Gasteiger partial charge < -0.3 is 35.4 Å². The molecule has 4 unspecified atom stereocenters. The number of nitrogens with two attached hydrogens (primary N) is 1. The maximum atomic E-state index is 12.7. The predicted octanol–water partition coefficient (Wildman–Crippen LogP) is 6.62. The molecule has 4 bridgehead atoms. The first-order chi connectivity index (χ1) is 40.3. The van der Waals surface area contributed by atoms with Crippen molar-refractivity contribution in [2.45, 2.75) is 81.3 Å². The van der Waals surface area contributed by atoms with Crippen LogP contribution in [0.2, 0.25) is 0 Å². The summed E-state index contributed by atoms with van der Waals surface area (Å²) in [4.78, 5) is 53.8. The number of hydrogen-bond donors (Lipinski definition) is 3. The first-order valence-corrected chi connectivity index (χ1v) is 27.2. The number of rotatable bonds is 13. The van der Waals surface area contributed by atoms with E-state index in [0.717, 1.165) is 78.7 Å². The van der Waals surface area contributed by atoms with Crippen molar-refractivity contribution in [3.8, 4) is 52.2 Å². The van der Waals surface area contributed by atoms with E-state index in [-0.39, 0.29) is 5.91 Å². The van der Waals surface area contributed by atoms with Crippen LogP contribution in [0.5, 0.6) is 11.8 Å². The quantitative estimate of drug-likeness (QED) is 0.102. The van der Waals surface area contributed by atoms with Crippen LogP contribution in [-0.4, -0.2) is 136 Å². The molecule has 2 aliphatic carbocycles. The van der Waals surface area contributed by atoms with Gasteiger partial charge in [0.25, 0.3) is 0 Å². The van der Waals surface area contributed by atoms with Gasteiger partial charge in [-0.15, -0.1) is 0 Å². The fraction of sp³-hybridized carbons (Fsp3) is 0.333. The summed E-state index contributed by atoms with van der Waals surface area (Å²) >= 11 is 0. The van der Waals surface area contributed by atoms with E-state index in [4.69, 9.17) is 36.9 Å². The van der Waals surface area contributed by atoms with E-state index in [2.05, 4.69) is 86.3 Å². The number of anilines is 4. The molecule has 83 heavy (non-hydrogen) atoms. The molecule has 2 saturated carbocycles. The van der Waals surface area contributed by atoms with E-state index in [0.29, 0.717) is 89.6 Å². The van der Waals surface area contributed by atoms with Crippen LogP contribution in [-0.2, 0) is 22.7 Å². The third kappa shape index (κ3) is 10.4. The number of ether oxygens (including phenoxy) is 2. The second-order valence-corrected chi connectivity index (χ2v) is 21.8. The van der Waals surface area contributed by atoms with Crippen molar-refractivity contribution in [3.05, 3.63) is 144 Å². The fourth-order valence-corrected chi connectivity index (χ4v) is 11.6. The number of methoxy groups -OCH3 is 2. The van der Waals surface area contributed by atoms with E-state index in [1.165, 1.54) is 30.2 Å². The van der Waals surface area contributed by atoms with Gasteiger partial charge in [-0.05, 0) is 73.2 Å². The maximum absolute atomic E-state index is 12.7. The molecule has 16 rings (SSSR count). The van der Waals surface area contributed by atoms with Crippen LogP contribution in [0.15, 0.2) is 110 Å². The number of piperidine rings is 2. The standard InChI is InChI=1S/C30H27N9O2.C25H24N8O.C5H5NO2/c1-41-27-5-2-19(11-34-27)14-38-23-9-24(38)17-37(16-23)26-4-3-20(12-33-26)25-8-22(36-29(40)30(18-32)6-7-30)15-39-28(25)21(10-31)13-35-39;1-34-24-5-2-16(9-29-24)12-32-20-7-21(32)15-31(14-20)23-4-3-17(10-28-23)22-6-19(27)13-33-25(22)18(8-26)11-30-33;1-6-5(2-3-5)4(7)8/h2-5,8,11-13,15,23-24H,6-7,9,14,16-17H2,1H3,(H,36,40);2-6,9-11,13,20-21H,7,12,14-15,27H2,1H3;2-3H2,(H,7,8). The number of aromatic nitrogens is 8. The maximum Gasteiger partial charge on any atom is 0.390 e. The number of carbonyl (C=O) groups is 2. The summed E-state index contributed by atoms with van der Waals surface area (Å²) in [5, 5.41) is 48.3. The van der Waals surface area contributed by atoms with Gasteiger partial charge >= 0.3 is 11.5 Å². The number of carboxylic acid groups (broad SMARTS) is 1. The summed E-state index contributed by atoms with van der Waals surface area (Å²) in [7, 11) is 3.26. The molecule has 1 amide bonds. The first kappa shape index (κ1) is 53.4. The molecule has 6 saturated heterocycles. The highest BCUT2D eigenvalue weighted by Gasteiger charge is 2.59. The highest BCUT2D eigenvalue weighted by Crippen LogP contribution is 2.46. The summed E-state index contributed by atoms with van der Waals surface area (Å²) in [5.74, 6) is 1.87. The van der Waals surface area contributed by atoms with Crippen LogP contribution in [0.4, 0.5) is 23.0 Å². The number of fused-ring (bicyclic) bond motifs is 6. The molecule has 0 spiro atoms. The molecule has 23 heteroatoms. The number of nitriles is 3. The lowest BCUT2D eigenvalue weighted by atomic mass is 9.87. The van der Waals surface area contributed by atoms with Gasteiger partial charge in [-0.1, -0.05) is 12.1 Å². The van der Waals surface area contributed by atoms with Crippen molar-refractivity contribution in [1.29, 1.82) is 15.8 Å². The van der Waals surface area contributed by atoms with E-state index in [1.54, 1.807) is 41.8 Å². The number of amides is 1. The van der Waals surface area contributed by atoms with E-state index < -0.39 is 16.9 Å². The van der Waals surface area contributed by atoms with Crippen molar-refractivity contribution < 1.29 is 24.2 Å². The van der Waals surface area contributed by atoms with Gasteiger partial charge in [-0.25, -0.2) is 40.3 Å². The van der Waals surface area contributed by atoms with E-state index in [1.807, 2.05) is 67.3 Å². The molecule has 8 aromatic rings. The first-order valence-electron chi connectivity index (χ1n) is 27.2. The smallest absolute Gasteiger partial charge is 0.390 e. The fourth-order valence-electron chi connectivity index (χ4n) is 11.6. The number of carboxylic acids is 1.